The number of nitrogens with zero attached hydrogens (tertiary/aromatic N) is 6. The average Bonchev–Trinajstić information content (AvgIpc) is 3.17. The molecule has 9 nitrogen and oxygen atoms in total. The first-order valence-corrected chi connectivity index (χ1v) is 11.9. The van der Waals surface area contributed by atoms with Gasteiger partial charge in [-0.15, -0.1) is 0 Å². The van der Waals surface area contributed by atoms with Crippen molar-refractivity contribution >= 4 is 34.2 Å². The molecule has 3 aromatic rings. The van der Waals surface area contributed by atoms with Crippen molar-refractivity contribution in [3.63, 3.8) is 0 Å². The van der Waals surface area contributed by atoms with Crippen molar-refractivity contribution in [1.29, 1.82) is 0 Å². The number of alkyl halides is 3. The molecule has 0 atom stereocenters. The highest BCUT2D eigenvalue weighted by molar-refractivity contribution is 6.12. The van der Waals surface area contributed by atoms with E-state index in [0.29, 0.717) is 37.8 Å². The van der Waals surface area contributed by atoms with E-state index in [9.17, 15) is 22.8 Å². The zero-order valence-electron chi connectivity index (χ0n) is 20.3. The van der Waals surface area contributed by atoms with Crippen LogP contribution in [0.3, 0.4) is 0 Å². The number of fused-ring (bicyclic) bond motifs is 1. The standard InChI is InChI=1S/C25H25F3N6O3/c1-32(2)17-5-8-20-21(10-17)30-14-31-23(20)37-19-6-3-16(4-7-19)34-22(35)13-33(24(34)36)18-9-15(11-29-12-18)25(26,27)28/h5,8-12,14,16,19H,3-4,6-7,13H2,1-2H3/t16-,19-. The lowest BCUT2D eigenvalue weighted by atomic mass is 9.92. The highest BCUT2D eigenvalue weighted by Gasteiger charge is 2.43. The Morgan fingerprint density at radius 3 is 2.49 bits per heavy atom. The van der Waals surface area contributed by atoms with Gasteiger partial charge in [-0.1, -0.05) is 0 Å². The summed E-state index contributed by atoms with van der Waals surface area (Å²) in [6, 6.07) is 5.69. The monoisotopic (exact) mass is 514 g/mol. The van der Waals surface area contributed by atoms with Gasteiger partial charge in [0.05, 0.1) is 28.4 Å². The molecule has 0 spiro atoms. The zero-order valence-corrected chi connectivity index (χ0v) is 20.3. The number of halogens is 3. The summed E-state index contributed by atoms with van der Waals surface area (Å²) in [6.45, 7) is -0.319. The molecule has 1 saturated heterocycles. The van der Waals surface area contributed by atoms with Crippen molar-refractivity contribution in [1.82, 2.24) is 19.9 Å². The van der Waals surface area contributed by atoms with E-state index in [0.717, 1.165) is 33.8 Å². The van der Waals surface area contributed by atoms with Crippen LogP contribution < -0.4 is 14.5 Å². The van der Waals surface area contributed by atoms with Crippen LogP contribution in [0.15, 0.2) is 43.0 Å². The SMILES string of the molecule is CN(C)c1ccc2c(O[C@H]3CC[C@H](N4C(=O)CN(c5cncc(C(F)(F)F)c5)C4=O)CC3)ncnc2c1. The van der Waals surface area contributed by atoms with Gasteiger partial charge in [-0.25, -0.2) is 14.8 Å². The molecule has 3 heterocycles. The number of benzene rings is 1. The predicted molar refractivity (Wildman–Crippen MR) is 129 cm³/mol. The van der Waals surface area contributed by atoms with Crippen LogP contribution in [0.5, 0.6) is 5.88 Å². The molecule has 0 N–H and O–H groups in total. The number of hydrogen-bond donors (Lipinski definition) is 0. The van der Waals surface area contributed by atoms with Gasteiger partial charge in [0.25, 0.3) is 5.91 Å². The third kappa shape index (κ3) is 4.87. The van der Waals surface area contributed by atoms with Crippen LogP contribution in [0.1, 0.15) is 31.2 Å². The molecule has 1 aromatic carbocycles. The highest BCUT2D eigenvalue weighted by atomic mass is 19.4. The Morgan fingerprint density at radius 1 is 1.03 bits per heavy atom. The molecule has 0 bridgehead atoms. The van der Waals surface area contributed by atoms with Crippen LogP contribution in [0.2, 0.25) is 0 Å². The van der Waals surface area contributed by atoms with Gasteiger partial charge >= 0.3 is 12.2 Å². The van der Waals surface area contributed by atoms with Gasteiger partial charge in [-0.05, 0) is 49.9 Å². The number of pyridine rings is 1. The lowest BCUT2D eigenvalue weighted by molar-refractivity contribution is -0.137. The number of imide groups is 1. The maximum atomic E-state index is 13.1. The lowest BCUT2D eigenvalue weighted by Crippen LogP contribution is -2.44. The van der Waals surface area contributed by atoms with E-state index in [4.69, 9.17) is 4.74 Å². The molecule has 5 rings (SSSR count). The van der Waals surface area contributed by atoms with Gasteiger partial charge < -0.3 is 9.64 Å². The predicted octanol–water partition coefficient (Wildman–Crippen LogP) is 4.27. The van der Waals surface area contributed by atoms with Gasteiger partial charge in [-0.3, -0.25) is 19.6 Å². The summed E-state index contributed by atoms with van der Waals surface area (Å²) in [7, 11) is 3.90. The molecule has 0 unspecified atom stereocenters. The normalized spacial score (nSPS) is 20.6. The number of urea groups is 1. The molecule has 194 valence electrons. The van der Waals surface area contributed by atoms with Crippen molar-refractivity contribution in [3.05, 3.63) is 48.5 Å². The molecule has 1 aliphatic heterocycles. The van der Waals surface area contributed by atoms with E-state index in [-0.39, 0.29) is 24.4 Å². The topological polar surface area (TPSA) is 91.8 Å². The number of rotatable bonds is 5. The number of carbonyl (C=O) groups excluding carboxylic acids is 2. The van der Waals surface area contributed by atoms with E-state index in [1.165, 1.54) is 11.2 Å². The summed E-state index contributed by atoms with van der Waals surface area (Å²) < 4.78 is 45.4. The Morgan fingerprint density at radius 2 is 1.78 bits per heavy atom. The van der Waals surface area contributed by atoms with Crippen molar-refractivity contribution in [2.75, 3.05) is 30.4 Å². The molecular formula is C25H25F3N6O3. The quantitative estimate of drug-likeness (QED) is 0.470. The van der Waals surface area contributed by atoms with Gasteiger partial charge in [-0.2, -0.15) is 13.2 Å². The van der Waals surface area contributed by atoms with Crippen LogP contribution in [-0.4, -0.2) is 64.6 Å². The summed E-state index contributed by atoms with van der Waals surface area (Å²) in [5, 5.41) is 0.797. The number of anilines is 2. The fraction of sp³-hybridized carbons (Fsp3) is 0.400. The van der Waals surface area contributed by atoms with Gasteiger partial charge in [0, 0.05) is 32.0 Å². The van der Waals surface area contributed by atoms with Crippen LogP contribution in [0, 0.1) is 0 Å². The molecule has 1 saturated carbocycles. The Balaban J connectivity index is 1.25. The van der Waals surface area contributed by atoms with Crippen molar-refractivity contribution in [2.45, 2.75) is 44.0 Å². The number of ether oxygens (including phenoxy) is 1. The molecular weight excluding hydrogens is 489 g/mol. The summed E-state index contributed by atoms with van der Waals surface area (Å²) >= 11 is 0. The zero-order chi connectivity index (χ0) is 26.3. The van der Waals surface area contributed by atoms with Gasteiger partial charge in [0.15, 0.2) is 0 Å². The maximum absolute atomic E-state index is 13.1. The van der Waals surface area contributed by atoms with Crippen LogP contribution in [0.25, 0.3) is 10.9 Å². The largest absolute Gasteiger partial charge is 0.474 e. The molecule has 3 amide bonds. The fourth-order valence-corrected chi connectivity index (χ4v) is 4.78. The van der Waals surface area contributed by atoms with Crippen LogP contribution in [-0.2, 0) is 11.0 Å². The minimum absolute atomic E-state index is 0.0549. The Bertz CT molecular complexity index is 1340. The van der Waals surface area contributed by atoms with Crippen molar-refractivity contribution < 1.29 is 27.5 Å². The molecule has 2 fully saturated rings. The molecule has 0 radical (unpaired) electrons. The third-order valence-corrected chi connectivity index (χ3v) is 6.75. The second-order valence-electron chi connectivity index (χ2n) is 9.39. The third-order valence-electron chi connectivity index (χ3n) is 6.75. The van der Waals surface area contributed by atoms with Crippen molar-refractivity contribution in [3.8, 4) is 5.88 Å². The summed E-state index contributed by atoms with van der Waals surface area (Å²) in [6.07, 6.45) is 0.769. The number of amides is 3. The van der Waals surface area contributed by atoms with E-state index in [1.807, 2.05) is 37.2 Å². The average molecular weight is 515 g/mol. The molecule has 12 heteroatoms. The first-order valence-electron chi connectivity index (χ1n) is 11.9. The maximum Gasteiger partial charge on any atom is 0.417 e. The first-order chi connectivity index (χ1) is 17.6. The minimum atomic E-state index is -4.60. The Hall–Kier alpha value is -3.96. The number of hydrogen-bond acceptors (Lipinski definition) is 7. The minimum Gasteiger partial charge on any atom is -0.474 e. The summed E-state index contributed by atoms with van der Waals surface area (Å²) in [5.74, 6) is 0.0422. The second-order valence-corrected chi connectivity index (χ2v) is 9.39. The molecule has 1 aliphatic carbocycles. The van der Waals surface area contributed by atoms with Crippen LogP contribution >= 0.6 is 0 Å². The van der Waals surface area contributed by atoms with Gasteiger partial charge in [0.1, 0.15) is 19.0 Å². The first kappa shape index (κ1) is 24.7. The molecule has 2 aliphatic rings. The van der Waals surface area contributed by atoms with E-state index in [1.54, 1.807) is 0 Å². The highest BCUT2D eigenvalue weighted by Crippen LogP contribution is 2.34. The lowest BCUT2D eigenvalue weighted by Gasteiger charge is -2.33. The smallest absolute Gasteiger partial charge is 0.417 e. The van der Waals surface area contributed by atoms with Gasteiger partial charge in [0.2, 0.25) is 5.88 Å². The second kappa shape index (κ2) is 9.49. The number of carbonyl (C=O) groups is 2. The van der Waals surface area contributed by atoms with Crippen LogP contribution in [0.4, 0.5) is 29.3 Å². The summed E-state index contributed by atoms with van der Waals surface area (Å²) in [4.78, 5) is 42.2. The Labute approximate surface area is 210 Å². The van der Waals surface area contributed by atoms with E-state index >= 15 is 0 Å². The molecule has 37 heavy (non-hydrogen) atoms. The van der Waals surface area contributed by atoms with Crippen molar-refractivity contribution in [2.24, 2.45) is 0 Å². The Kier molecular flexibility index (Phi) is 6.34. The fourth-order valence-electron chi connectivity index (χ4n) is 4.78. The van der Waals surface area contributed by atoms with E-state index in [2.05, 4.69) is 15.0 Å². The van der Waals surface area contributed by atoms with E-state index < -0.39 is 23.7 Å². The summed E-state index contributed by atoms with van der Waals surface area (Å²) in [5.41, 5.74) is 0.743. The number of aromatic nitrogens is 3. The molecule has 2 aromatic heterocycles.